The smallest absolute Gasteiger partial charge is 0.286 e. The molecule has 98 valence electrons. The summed E-state index contributed by atoms with van der Waals surface area (Å²) in [5, 5.41) is 7.63. The third kappa shape index (κ3) is 2.50. The Morgan fingerprint density at radius 1 is 1.50 bits per heavy atom. The Hall–Kier alpha value is -1.51. The van der Waals surface area contributed by atoms with Gasteiger partial charge >= 0.3 is 0 Å². The van der Waals surface area contributed by atoms with E-state index in [1.165, 1.54) is 16.0 Å². The third-order valence-corrected chi connectivity index (χ3v) is 3.46. The van der Waals surface area contributed by atoms with Crippen LogP contribution < -0.4 is 10.9 Å². The van der Waals surface area contributed by atoms with E-state index in [2.05, 4.69) is 15.4 Å². The Labute approximate surface area is 107 Å². The molecule has 0 aliphatic carbocycles. The van der Waals surface area contributed by atoms with Crippen LogP contribution >= 0.6 is 11.3 Å². The minimum absolute atomic E-state index is 0.145. The van der Waals surface area contributed by atoms with Gasteiger partial charge < -0.3 is 14.8 Å². The van der Waals surface area contributed by atoms with Crippen molar-refractivity contribution in [3.63, 3.8) is 0 Å². The van der Waals surface area contributed by atoms with Gasteiger partial charge in [-0.2, -0.15) is 5.10 Å². The fourth-order valence-electron chi connectivity index (χ4n) is 1.42. The number of hydrogen-bond donors (Lipinski definition) is 1. The Morgan fingerprint density at radius 3 is 2.89 bits per heavy atom. The molecule has 0 saturated carbocycles. The number of rotatable bonds is 5. The van der Waals surface area contributed by atoms with Crippen LogP contribution in [0, 0.1) is 0 Å². The van der Waals surface area contributed by atoms with Gasteiger partial charge in [-0.05, 0) is 0 Å². The Balaban J connectivity index is 2.20. The SMILES string of the molecule is COC(CNc1nc2cnn(C)c(=O)c2s1)OC. The van der Waals surface area contributed by atoms with Crippen LogP contribution in [0.25, 0.3) is 10.2 Å². The number of fused-ring (bicyclic) bond motifs is 1. The molecule has 0 aliphatic rings. The summed E-state index contributed by atoms with van der Waals surface area (Å²) in [6.45, 7) is 0.459. The van der Waals surface area contributed by atoms with E-state index in [1.807, 2.05) is 0 Å². The van der Waals surface area contributed by atoms with E-state index >= 15 is 0 Å². The number of thiazole rings is 1. The van der Waals surface area contributed by atoms with E-state index in [0.717, 1.165) is 0 Å². The van der Waals surface area contributed by atoms with Gasteiger partial charge in [-0.15, -0.1) is 0 Å². The number of ether oxygens (including phenoxy) is 2. The quantitative estimate of drug-likeness (QED) is 0.793. The summed E-state index contributed by atoms with van der Waals surface area (Å²) in [7, 11) is 4.74. The minimum atomic E-state index is -0.349. The first kappa shape index (κ1) is 12.9. The molecule has 0 amide bonds. The van der Waals surface area contributed by atoms with Crippen molar-refractivity contribution >= 4 is 26.7 Å². The zero-order chi connectivity index (χ0) is 13.1. The number of aryl methyl sites for hydroxylation is 1. The molecular weight excluding hydrogens is 256 g/mol. The van der Waals surface area contributed by atoms with E-state index in [-0.39, 0.29) is 11.8 Å². The molecule has 2 rings (SSSR count). The van der Waals surface area contributed by atoms with Crippen LogP contribution in [0.2, 0.25) is 0 Å². The molecule has 2 aromatic rings. The van der Waals surface area contributed by atoms with E-state index in [0.29, 0.717) is 21.9 Å². The van der Waals surface area contributed by atoms with E-state index in [4.69, 9.17) is 9.47 Å². The second-order valence-electron chi connectivity index (χ2n) is 3.59. The lowest BCUT2D eigenvalue weighted by Crippen LogP contribution is -2.23. The largest absolute Gasteiger partial charge is 0.356 e. The molecule has 0 spiro atoms. The molecular formula is C10H14N4O3S. The highest BCUT2D eigenvalue weighted by molar-refractivity contribution is 7.22. The van der Waals surface area contributed by atoms with Gasteiger partial charge in [0, 0.05) is 21.3 Å². The molecule has 0 radical (unpaired) electrons. The number of nitrogens with one attached hydrogen (secondary N) is 1. The summed E-state index contributed by atoms with van der Waals surface area (Å²) < 4.78 is 12.0. The van der Waals surface area contributed by atoms with Crippen molar-refractivity contribution in [2.45, 2.75) is 6.29 Å². The Bertz CT molecular complexity index is 590. The predicted molar refractivity (Wildman–Crippen MR) is 69.0 cm³/mol. The lowest BCUT2D eigenvalue weighted by atomic mass is 10.5. The van der Waals surface area contributed by atoms with Crippen molar-refractivity contribution in [1.82, 2.24) is 14.8 Å². The molecule has 18 heavy (non-hydrogen) atoms. The molecule has 0 bridgehead atoms. The van der Waals surface area contributed by atoms with Crippen LogP contribution in [0.3, 0.4) is 0 Å². The Morgan fingerprint density at radius 2 is 2.22 bits per heavy atom. The highest BCUT2D eigenvalue weighted by atomic mass is 32.1. The molecule has 7 nitrogen and oxygen atoms in total. The zero-order valence-electron chi connectivity index (χ0n) is 10.3. The highest BCUT2D eigenvalue weighted by Gasteiger charge is 2.10. The fourth-order valence-corrected chi connectivity index (χ4v) is 2.34. The van der Waals surface area contributed by atoms with Crippen LogP contribution in [0.1, 0.15) is 0 Å². The number of methoxy groups -OCH3 is 2. The molecule has 0 saturated heterocycles. The summed E-state index contributed by atoms with van der Waals surface area (Å²) in [5.41, 5.74) is 0.449. The number of hydrogen-bond acceptors (Lipinski definition) is 7. The monoisotopic (exact) mass is 270 g/mol. The van der Waals surface area contributed by atoms with Gasteiger partial charge in [-0.1, -0.05) is 11.3 Å². The minimum Gasteiger partial charge on any atom is -0.356 e. The van der Waals surface area contributed by atoms with Gasteiger partial charge in [0.25, 0.3) is 5.56 Å². The van der Waals surface area contributed by atoms with E-state index < -0.39 is 0 Å². The van der Waals surface area contributed by atoms with Crippen LogP contribution in [0.5, 0.6) is 0 Å². The van der Waals surface area contributed by atoms with E-state index in [9.17, 15) is 4.79 Å². The first-order valence-corrected chi connectivity index (χ1v) is 6.09. The number of nitrogens with zero attached hydrogens (tertiary/aromatic N) is 3. The summed E-state index contributed by atoms with van der Waals surface area (Å²) in [5.74, 6) is 0. The van der Waals surface area contributed by atoms with Gasteiger partial charge in [0.05, 0.1) is 12.7 Å². The highest BCUT2D eigenvalue weighted by Crippen LogP contribution is 2.21. The molecule has 2 heterocycles. The molecule has 2 aromatic heterocycles. The first-order valence-electron chi connectivity index (χ1n) is 5.28. The van der Waals surface area contributed by atoms with Crippen LogP contribution in [-0.2, 0) is 16.5 Å². The average molecular weight is 270 g/mol. The Kier molecular flexibility index (Phi) is 3.90. The van der Waals surface area contributed by atoms with Crippen molar-refractivity contribution in [1.29, 1.82) is 0 Å². The molecule has 0 aliphatic heterocycles. The van der Waals surface area contributed by atoms with Crippen molar-refractivity contribution in [2.75, 3.05) is 26.1 Å². The van der Waals surface area contributed by atoms with Gasteiger partial charge in [-0.3, -0.25) is 4.79 Å². The first-order chi connectivity index (χ1) is 8.65. The normalized spacial score (nSPS) is 11.3. The lowest BCUT2D eigenvalue weighted by molar-refractivity contribution is -0.0914. The van der Waals surface area contributed by atoms with Crippen LogP contribution in [-0.4, -0.2) is 41.8 Å². The summed E-state index contributed by atoms with van der Waals surface area (Å²) >= 11 is 1.29. The lowest BCUT2D eigenvalue weighted by Gasteiger charge is -2.12. The molecule has 0 atom stereocenters. The summed E-state index contributed by atoms with van der Waals surface area (Å²) in [6.07, 6.45) is 1.22. The van der Waals surface area contributed by atoms with Crippen molar-refractivity contribution in [2.24, 2.45) is 7.05 Å². The van der Waals surface area contributed by atoms with Crippen LogP contribution in [0.4, 0.5) is 5.13 Å². The maximum absolute atomic E-state index is 11.8. The molecule has 8 heteroatoms. The second-order valence-corrected chi connectivity index (χ2v) is 4.59. The third-order valence-electron chi connectivity index (χ3n) is 2.44. The molecule has 0 aromatic carbocycles. The molecule has 0 unspecified atom stereocenters. The second kappa shape index (κ2) is 5.42. The summed E-state index contributed by atoms with van der Waals surface area (Å²) in [4.78, 5) is 16.1. The van der Waals surface area contributed by atoms with Crippen molar-refractivity contribution < 1.29 is 9.47 Å². The maximum Gasteiger partial charge on any atom is 0.286 e. The summed E-state index contributed by atoms with van der Waals surface area (Å²) in [6, 6.07) is 0. The fraction of sp³-hybridized carbons (Fsp3) is 0.500. The zero-order valence-corrected chi connectivity index (χ0v) is 11.2. The molecule has 1 N–H and O–H groups in total. The average Bonchev–Trinajstić information content (AvgIpc) is 2.79. The van der Waals surface area contributed by atoms with E-state index in [1.54, 1.807) is 27.5 Å². The number of anilines is 1. The predicted octanol–water partition coefficient (Wildman–Crippen LogP) is 0.421. The van der Waals surface area contributed by atoms with Crippen molar-refractivity contribution in [3.8, 4) is 0 Å². The van der Waals surface area contributed by atoms with Crippen LogP contribution in [0.15, 0.2) is 11.0 Å². The standard InChI is InChI=1S/C10H14N4O3S/c1-14-9(15)8-6(4-12-14)13-10(18-8)11-5-7(16-2)17-3/h4,7H,5H2,1-3H3,(H,11,13). The molecule has 0 fully saturated rings. The van der Waals surface area contributed by atoms with Gasteiger partial charge in [-0.25, -0.2) is 9.67 Å². The number of aromatic nitrogens is 3. The van der Waals surface area contributed by atoms with Gasteiger partial charge in [0.2, 0.25) is 0 Å². The van der Waals surface area contributed by atoms with Gasteiger partial charge in [0.15, 0.2) is 11.4 Å². The maximum atomic E-state index is 11.8. The van der Waals surface area contributed by atoms with Gasteiger partial charge in [0.1, 0.15) is 10.2 Å². The van der Waals surface area contributed by atoms with Crippen molar-refractivity contribution in [3.05, 3.63) is 16.6 Å². The topological polar surface area (TPSA) is 78.3 Å².